The van der Waals surface area contributed by atoms with Gasteiger partial charge in [-0.15, -0.1) is 0 Å². The van der Waals surface area contributed by atoms with E-state index in [1.807, 2.05) is 0 Å². The van der Waals surface area contributed by atoms with Crippen LogP contribution in [0.1, 0.15) is 41.4 Å². The van der Waals surface area contributed by atoms with Gasteiger partial charge in [0.25, 0.3) is 0 Å². The predicted molar refractivity (Wildman–Crippen MR) is 76.9 cm³/mol. The van der Waals surface area contributed by atoms with Crippen molar-refractivity contribution in [2.24, 2.45) is 0 Å². The van der Waals surface area contributed by atoms with E-state index in [4.69, 9.17) is 20.4 Å². The number of carbonyl (C=O) groups is 4. The zero-order valence-corrected chi connectivity index (χ0v) is 18.0. The molecule has 0 radical (unpaired) electrons. The number of aromatic hydroxyl groups is 4. The van der Waals surface area contributed by atoms with Crippen molar-refractivity contribution in [1.82, 2.24) is 0 Å². The molecular weight excluding hydrogens is 616 g/mol. The van der Waals surface area contributed by atoms with Gasteiger partial charge in [0.1, 0.15) is 23.0 Å². The quantitative estimate of drug-likeness (QED) is 0.236. The van der Waals surface area contributed by atoms with Crippen molar-refractivity contribution in [3.05, 3.63) is 46.5 Å². The summed E-state index contributed by atoms with van der Waals surface area (Å²) in [6, 6.07) is 2.32. The van der Waals surface area contributed by atoms with Crippen molar-refractivity contribution in [3.63, 3.8) is 0 Å². The molecule has 0 unspecified atom stereocenters. The van der Waals surface area contributed by atoms with Crippen LogP contribution in [0.2, 0.25) is 0 Å². The van der Waals surface area contributed by atoms with Crippen LogP contribution in [-0.2, 0) is 0 Å². The molecule has 4 N–H and O–H groups in total. The number of carbonyl (C=O) groups excluding carboxylic acids is 4. The Labute approximate surface area is 192 Å². The molecule has 0 bridgehead atoms. The molecule has 12 nitrogen and oxygen atoms in total. The van der Waals surface area contributed by atoms with Gasteiger partial charge in [-0.1, -0.05) is 0 Å². The zero-order valence-electron chi connectivity index (χ0n) is 13.9. The molecule has 0 aliphatic carbocycles. The van der Waals surface area contributed by atoms with Crippen molar-refractivity contribution in [1.29, 1.82) is 0 Å². The first kappa shape index (κ1) is 25.8. The van der Waals surface area contributed by atoms with Crippen LogP contribution in [0.15, 0.2) is 24.3 Å². The molecule has 0 atom stereocenters. The molecule has 2 aromatic carbocycles. The largest absolute Gasteiger partial charge is 4.00 e. The van der Waals surface area contributed by atoms with E-state index < -0.39 is 69.1 Å². The summed E-state index contributed by atoms with van der Waals surface area (Å²) in [5, 5.41) is 77.3. The zero-order chi connectivity index (χ0) is 21.8. The van der Waals surface area contributed by atoms with Crippen LogP contribution in [0.4, 0.5) is 0 Å². The standard InChI is InChI=1S/2C8H6O6.Th/c2*9-5-1-3(7(11)12)6(10)2-4(5)8(13)14;/h2*1-2,9-10H,(H,11,12)(H,13,14);/q;;+4/p-4. The molecule has 0 saturated heterocycles. The van der Waals surface area contributed by atoms with E-state index in [9.17, 15) is 39.6 Å². The predicted octanol–water partition coefficient (Wildman–Crippen LogP) is -4.35. The number of carboxylic acids is 4. The summed E-state index contributed by atoms with van der Waals surface area (Å²) in [5.41, 5.74) is -2.75. The Morgan fingerprint density at radius 3 is 0.724 bits per heavy atom. The maximum absolute atomic E-state index is 10.3. The molecule has 148 valence electrons. The summed E-state index contributed by atoms with van der Waals surface area (Å²) in [7, 11) is 0. The minimum atomic E-state index is -1.72. The number of carboxylic acid groups (broad SMARTS) is 4. The molecule has 0 amide bonds. The summed E-state index contributed by atoms with van der Waals surface area (Å²) in [5.74, 6) is -10.1. The number of hydrogen-bond donors (Lipinski definition) is 4. The molecule has 0 aliphatic rings. The summed E-state index contributed by atoms with van der Waals surface area (Å²) in [6.07, 6.45) is 0. The first-order chi connectivity index (χ1) is 12.9. The first-order valence-corrected chi connectivity index (χ1v) is 6.84. The molecule has 0 aromatic heterocycles. The fourth-order valence-corrected chi connectivity index (χ4v) is 1.81. The van der Waals surface area contributed by atoms with Crippen LogP contribution in [0.3, 0.4) is 0 Å². The van der Waals surface area contributed by atoms with Gasteiger partial charge in [-0.3, -0.25) is 0 Å². The van der Waals surface area contributed by atoms with Crippen molar-refractivity contribution in [3.8, 4) is 23.0 Å². The van der Waals surface area contributed by atoms with E-state index in [2.05, 4.69) is 0 Å². The van der Waals surface area contributed by atoms with Crippen molar-refractivity contribution < 1.29 is 100.0 Å². The number of phenols is 4. The van der Waals surface area contributed by atoms with Gasteiger partial charge in [0.2, 0.25) is 0 Å². The number of hydrogen-bond acceptors (Lipinski definition) is 12. The van der Waals surface area contributed by atoms with Gasteiger partial charge in [0.05, 0.1) is 23.9 Å². The van der Waals surface area contributed by atoms with Crippen LogP contribution in [0, 0.1) is 39.9 Å². The maximum atomic E-state index is 10.3. The Balaban J connectivity index is 0.000000523. The van der Waals surface area contributed by atoms with Crippen molar-refractivity contribution in [2.75, 3.05) is 0 Å². The Morgan fingerprint density at radius 1 is 0.483 bits per heavy atom. The molecule has 2 aromatic rings. The third-order valence-corrected chi connectivity index (χ3v) is 3.11. The summed E-state index contributed by atoms with van der Waals surface area (Å²) in [6.45, 7) is 0. The van der Waals surface area contributed by atoms with Crippen LogP contribution in [0.5, 0.6) is 23.0 Å². The van der Waals surface area contributed by atoms with Crippen LogP contribution in [0.25, 0.3) is 0 Å². The van der Waals surface area contributed by atoms with Crippen LogP contribution >= 0.6 is 0 Å². The summed E-state index contributed by atoms with van der Waals surface area (Å²) in [4.78, 5) is 41.2. The molecule has 0 heterocycles. The van der Waals surface area contributed by atoms with Gasteiger partial charge in [-0.2, -0.15) is 0 Å². The second kappa shape index (κ2) is 10.4. The molecule has 0 spiro atoms. The third kappa shape index (κ3) is 6.45. The maximum Gasteiger partial charge on any atom is 4.00 e. The van der Waals surface area contributed by atoms with E-state index in [1.54, 1.807) is 0 Å². The topological polar surface area (TPSA) is 241 Å². The normalized spacial score (nSPS) is 9.38. The van der Waals surface area contributed by atoms with E-state index in [-0.39, 0.29) is 39.9 Å². The molecule has 2 rings (SSSR count). The monoisotopic (exact) mass is 624 g/mol. The van der Waals surface area contributed by atoms with E-state index >= 15 is 0 Å². The van der Waals surface area contributed by atoms with Crippen molar-refractivity contribution in [2.45, 2.75) is 0 Å². The van der Waals surface area contributed by atoms with E-state index in [1.165, 1.54) is 0 Å². The number of rotatable bonds is 4. The first-order valence-electron chi connectivity index (χ1n) is 6.84. The Kier molecular flexibility index (Phi) is 9.27. The number of aromatic carboxylic acids is 4. The molecule has 0 aliphatic heterocycles. The van der Waals surface area contributed by atoms with Crippen LogP contribution in [-0.4, -0.2) is 44.3 Å². The average Bonchev–Trinajstić information content (AvgIpc) is 2.57. The van der Waals surface area contributed by atoms with Gasteiger partial charge in [0.15, 0.2) is 0 Å². The minimum Gasteiger partial charge on any atom is -0.545 e. The SMILES string of the molecule is O=C([O-])c1cc(O)c(C(=O)[O-])cc1O.O=C([O-])c1cc(O)c(C(=O)[O-])cc1O.[Th+4]. The fourth-order valence-electron chi connectivity index (χ4n) is 1.81. The molecule has 0 fully saturated rings. The third-order valence-electron chi connectivity index (χ3n) is 3.11. The molecule has 13 heteroatoms. The van der Waals surface area contributed by atoms with Gasteiger partial charge >= 0.3 is 39.9 Å². The van der Waals surface area contributed by atoms with Gasteiger partial charge < -0.3 is 60.0 Å². The Bertz CT molecular complexity index is 823. The number of benzene rings is 2. The fraction of sp³-hybridized carbons (Fsp3) is 0. The summed E-state index contributed by atoms with van der Waals surface area (Å²) < 4.78 is 0. The van der Waals surface area contributed by atoms with Crippen molar-refractivity contribution >= 4 is 23.9 Å². The molecule has 0 saturated carbocycles. The van der Waals surface area contributed by atoms with Gasteiger partial charge in [0, 0.05) is 22.3 Å². The van der Waals surface area contributed by atoms with E-state index in [0.717, 1.165) is 0 Å². The smallest absolute Gasteiger partial charge is 0.545 e. The molecule has 29 heavy (non-hydrogen) atoms. The second-order valence-electron chi connectivity index (χ2n) is 4.92. The van der Waals surface area contributed by atoms with Gasteiger partial charge in [-0.25, -0.2) is 0 Å². The second-order valence-corrected chi connectivity index (χ2v) is 4.92. The van der Waals surface area contributed by atoms with Crippen LogP contribution < -0.4 is 20.4 Å². The Morgan fingerprint density at radius 2 is 0.621 bits per heavy atom. The van der Waals surface area contributed by atoms with E-state index in [0.29, 0.717) is 24.3 Å². The average molecular weight is 624 g/mol. The minimum absolute atomic E-state index is 0. The molecular formula is C16H8O12Th. The van der Waals surface area contributed by atoms with Gasteiger partial charge in [-0.05, 0) is 24.3 Å². The Hall–Kier alpha value is -3.16. The summed E-state index contributed by atoms with van der Waals surface area (Å²) >= 11 is 0.